The minimum Gasteiger partial charge on any atom is -0.288 e. The van der Waals surface area contributed by atoms with E-state index in [0.29, 0.717) is 5.92 Å². The second-order valence-electron chi connectivity index (χ2n) is 3.56. The number of imidazole rings is 1. The van der Waals surface area contributed by atoms with Gasteiger partial charge in [-0.2, -0.15) is 0 Å². The Morgan fingerprint density at radius 3 is 2.77 bits per heavy atom. The van der Waals surface area contributed by atoms with Gasteiger partial charge in [0.15, 0.2) is 5.65 Å². The van der Waals surface area contributed by atoms with Crippen molar-refractivity contribution in [1.82, 2.24) is 14.4 Å². The Bertz CT molecular complexity index is 429. The summed E-state index contributed by atoms with van der Waals surface area (Å²) in [5, 5.41) is 0. The molecule has 0 N–H and O–H groups in total. The standard InChI is InChI=1S/C10H13N3/c1-7(2)9-10-11-5-4-8(3)13(10)6-12-9/h4-7H,1-3H3. The van der Waals surface area contributed by atoms with Gasteiger partial charge in [-0.15, -0.1) is 0 Å². The normalized spacial score (nSPS) is 11.4. The molecule has 0 aromatic carbocycles. The van der Waals surface area contributed by atoms with Crippen LogP contribution in [0.25, 0.3) is 5.65 Å². The molecule has 13 heavy (non-hydrogen) atoms. The van der Waals surface area contributed by atoms with Crippen LogP contribution in [0.15, 0.2) is 18.6 Å². The summed E-state index contributed by atoms with van der Waals surface area (Å²) in [7, 11) is 0. The van der Waals surface area contributed by atoms with Crippen molar-refractivity contribution in [3.8, 4) is 0 Å². The zero-order chi connectivity index (χ0) is 9.42. The molecule has 0 radical (unpaired) electrons. The lowest BCUT2D eigenvalue weighted by molar-refractivity contribution is 0.837. The summed E-state index contributed by atoms with van der Waals surface area (Å²) in [5.41, 5.74) is 3.23. The monoisotopic (exact) mass is 175 g/mol. The van der Waals surface area contributed by atoms with E-state index < -0.39 is 0 Å². The Labute approximate surface area is 77.4 Å². The fourth-order valence-corrected chi connectivity index (χ4v) is 1.45. The molecule has 0 bridgehead atoms. The first kappa shape index (κ1) is 8.23. The van der Waals surface area contributed by atoms with E-state index in [1.165, 1.54) is 5.69 Å². The van der Waals surface area contributed by atoms with Gasteiger partial charge in [-0.05, 0) is 18.9 Å². The first-order valence-corrected chi connectivity index (χ1v) is 4.48. The Kier molecular flexibility index (Phi) is 1.79. The Balaban J connectivity index is 2.75. The van der Waals surface area contributed by atoms with Crippen LogP contribution in [0.2, 0.25) is 0 Å². The smallest absolute Gasteiger partial charge is 0.160 e. The fourth-order valence-electron chi connectivity index (χ4n) is 1.45. The molecule has 3 heteroatoms. The maximum absolute atomic E-state index is 4.36. The Morgan fingerprint density at radius 1 is 1.31 bits per heavy atom. The molecule has 0 atom stereocenters. The number of rotatable bonds is 1. The molecule has 2 aromatic rings. The van der Waals surface area contributed by atoms with Crippen LogP contribution in [0.1, 0.15) is 31.2 Å². The van der Waals surface area contributed by atoms with Crippen LogP contribution in [0.5, 0.6) is 0 Å². The third-order valence-corrected chi connectivity index (χ3v) is 2.21. The average Bonchev–Trinajstić information content (AvgIpc) is 2.48. The van der Waals surface area contributed by atoms with E-state index in [9.17, 15) is 0 Å². The van der Waals surface area contributed by atoms with Crippen LogP contribution in [-0.2, 0) is 0 Å². The van der Waals surface area contributed by atoms with Gasteiger partial charge in [0.05, 0.1) is 5.69 Å². The zero-order valence-corrected chi connectivity index (χ0v) is 8.15. The number of fused-ring (bicyclic) bond motifs is 1. The first-order valence-electron chi connectivity index (χ1n) is 4.48. The summed E-state index contributed by atoms with van der Waals surface area (Å²) in [6, 6.07) is 1.98. The third-order valence-electron chi connectivity index (χ3n) is 2.21. The molecule has 0 aliphatic carbocycles. The quantitative estimate of drug-likeness (QED) is 0.664. The molecule has 2 rings (SSSR count). The first-order chi connectivity index (χ1) is 6.20. The number of hydrogen-bond acceptors (Lipinski definition) is 2. The van der Waals surface area contributed by atoms with Gasteiger partial charge in [-0.25, -0.2) is 9.97 Å². The minimum atomic E-state index is 0.430. The highest BCUT2D eigenvalue weighted by Crippen LogP contribution is 2.17. The number of nitrogens with zero attached hydrogens (tertiary/aromatic N) is 3. The van der Waals surface area contributed by atoms with Crippen LogP contribution < -0.4 is 0 Å². The van der Waals surface area contributed by atoms with Crippen molar-refractivity contribution >= 4 is 5.65 Å². The largest absolute Gasteiger partial charge is 0.288 e. The minimum absolute atomic E-state index is 0.430. The van der Waals surface area contributed by atoms with Crippen molar-refractivity contribution in [2.24, 2.45) is 0 Å². The summed E-state index contributed by atoms with van der Waals surface area (Å²) in [5.74, 6) is 0.430. The lowest BCUT2D eigenvalue weighted by atomic mass is 10.1. The van der Waals surface area contributed by atoms with Crippen molar-refractivity contribution in [3.05, 3.63) is 30.0 Å². The van der Waals surface area contributed by atoms with E-state index in [-0.39, 0.29) is 0 Å². The fraction of sp³-hybridized carbons (Fsp3) is 0.400. The molecule has 0 aliphatic rings. The maximum atomic E-state index is 4.36. The van der Waals surface area contributed by atoms with Crippen molar-refractivity contribution in [2.75, 3.05) is 0 Å². The van der Waals surface area contributed by atoms with Crippen LogP contribution in [-0.4, -0.2) is 14.4 Å². The molecule has 2 aromatic heterocycles. The number of aromatic nitrogens is 3. The zero-order valence-electron chi connectivity index (χ0n) is 8.15. The molecular weight excluding hydrogens is 162 g/mol. The number of aryl methyl sites for hydroxylation is 1. The molecule has 0 aliphatic heterocycles. The Hall–Kier alpha value is -1.38. The highest BCUT2D eigenvalue weighted by atomic mass is 15.1. The van der Waals surface area contributed by atoms with Crippen LogP contribution in [0.4, 0.5) is 0 Å². The molecule has 0 saturated carbocycles. The summed E-state index contributed by atoms with van der Waals surface area (Å²) in [6.45, 7) is 6.32. The maximum Gasteiger partial charge on any atom is 0.160 e. The average molecular weight is 175 g/mol. The van der Waals surface area contributed by atoms with Gasteiger partial charge >= 0.3 is 0 Å². The van der Waals surface area contributed by atoms with Crippen molar-refractivity contribution in [3.63, 3.8) is 0 Å². The highest BCUT2D eigenvalue weighted by molar-refractivity contribution is 5.46. The molecule has 0 amide bonds. The number of hydrogen-bond donors (Lipinski definition) is 0. The van der Waals surface area contributed by atoms with Crippen molar-refractivity contribution in [2.45, 2.75) is 26.7 Å². The van der Waals surface area contributed by atoms with Gasteiger partial charge in [-0.1, -0.05) is 13.8 Å². The third kappa shape index (κ3) is 1.20. The predicted molar refractivity (Wildman–Crippen MR) is 51.8 cm³/mol. The van der Waals surface area contributed by atoms with E-state index in [0.717, 1.165) is 11.3 Å². The lowest BCUT2D eigenvalue weighted by Gasteiger charge is -2.01. The van der Waals surface area contributed by atoms with Crippen LogP contribution >= 0.6 is 0 Å². The van der Waals surface area contributed by atoms with Crippen LogP contribution in [0.3, 0.4) is 0 Å². The van der Waals surface area contributed by atoms with E-state index >= 15 is 0 Å². The SMILES string of the molecule is Cc1ccnc2c(C(C)C)ncn12. The molecule has 2 heterocycles. The molecule has 68 valence electrons. The summed E-state index contributed by atoms with van der Waals surface area (Å²) in [6.07, 6.45) is 3.67. The summed E-state index contributed by atoms with van der Waals surface area (Å²) >= 11 is 0. The second-order valence-corrected chi connectivity index (χ2v) is 3.56. The highest BCUT2D eigenvalue weighted by Gasteiger charge is 2.09. The van der Waals surface area contributed by atoms with Crippen molar-refractivity contribution in [1.29, 1.82) is 0 Å². The van der Waals surface area contributed by atoms with Gasteiger partial charge in [-0.3, -0.25) is 4.40 Å². The van der Waals surface area contributed by atoms with E-state index in [1.54, 1.807) is 0 Å². The Morgan fingerprint density at radius 2 is 2.08 bits per heavy atom. The van der Waals surface area contributed by atoms with Gasteiger partial charge in [0.1, 0.15) is 6.33 Å². The molecule has 0 spiro atoms. The molecular formula is C10H13N3. The second kappa shape index (κ2) is 2.83. The van der Waals surface area contributed by atoms with E-state index in [4.69, 9.17) is 0 Å². The summed E-state index contributed by atoms with van der Waals surface area (Å²) in [4.78, 5) is 8.68. The van der Waals surface area contributed by atoms with Gasteiger partial charge in [0.2, 0.25) is 0 Å². The van der Waals surface area contributed by atoms with Crippen LogP contribution in [0, 0.1) is 6.92 Å². The van der Waals surface area contributed by atoms with Gasteiger partial charge < -0.3 is 0 Å². The summed E-state index contributed by atoms with van der Waals surface area (Å²) < 4.78 is 2.02. The lowest BCUT2D eigenvalue weighted by Crippen LogP contribution is -1.94. The molecule has 0 fully saturated rings. The van der Waals surface area contributed by atoms with Gasteiger partial charge in [0.25, 0.3) is 0 Å². The van der Waals surface area contributed by atoms with E-state index in [2.05, 4.69) is 30.7 Å². The van der Waals surface area contributed by atoms with Gasteiger partial charge in [0, 0.05) is 11.9 Å². The van der Waals surface area contributed by atoms with Crippen molar-refractivity contribution < 1.29 is 0 Å². The van der Waals surface area contributed by atoms with E-state index in [1.807, 2.05) is 23.0 Å². The predicted octanol–water partition coefficient (Wildman–Crippen LogP) is 2.16. The molecule has 0 saturated heterocycles. The topological polar surface area (TPSA) is 30.2 Å². The molecule has 3 nitrogen and oxygen atoms in total. The molecule has 0 unspecified atom stereocenters.